The molecule has 178 valence electrons. The molecule has 0 aliphatic heterocycles. The summed E-state index contributed by atoms with van der Waals surface area (Å²) in [7, 11) is 0. The minimum atomic E-state index is -5.13. The van der Waals surface area contributed by atoms with E-state index in [0.29, 0.717) is 52.9 Å². The third-order valence-corrected chi connectivity index (χ3v) is 5.53. The van der Waals surface area contributed by atoms with E-state index in [4.69, 9.17) is 9.15 Å². The van der Waals surface area contributed by atoms with E-state index in [-0.39, 0.29) is 11.7 Å². The molecule has 0 atom stereocenters. The van der Waals surface area contributed by atoms with Crippen LogP contribution in [0.25, 0.3) is 17.0 Å². The predicted octanol–water partition coefficient (Wildman–Crippen LogP) is 5.21. The van der Waals surface area contributed by atoms with Gasteiger partial charge in [0.1, 0.15) is 12.0 Å². The molecule has 2 N–H and O–H groups in total. The van der Waals surface area contributed by atoms with Gasteiger partial charge < -0.3 is 24.4 Å². The number of ether oxygens (including phenoxy) is 1. The number of furan rings is 1. The average molecular weight is 473 g/mol. The predicted molar refractivity (Wildman–Crippen MR) is 122 cm³/mol. The van der Waals surface area contributed by atoms with E-state index < -0.39 is 12.1 Å². The number of halogens is 3. The van der Waals surface area contributed by atoms with Crippen LogP contribution in [-0.2, 0) is 16.0 Å². The molecule has 10 heteroatoms. The highest BCUT2D eigenvalue weighted by molar-refractivity contribution is 6.10. The van der Waals surface area contributed by atoms with Crippen molar-refractivity contribution in [1.82, 2.24) is 4.98 Å². The zero-order valence-electron chi connectivity index (χ0n) is 18.5. The zero-order valence-corrected chi connectivity index (χ0v) is 18.5. The highest BCUT2D eigenvalue weighted by atomic mass is 19.4. The summed E-state index contributed by atoms with van der Waals surface area (Å²) in [5, 5.41) is 3.09. The lowest BCUT2D eigenvalue weighted by Gasteiger charge is -2.22. The number of H-pyrrole nitrogens is 1. The Hall–Kier alpha value is -3.95. The van der Waals surface area contributed by atoms with Crippen molar-refractivity contribution >= 4 is 40.2 Å². The normalized spacial score (nSPS) is 13.3. The van der Waals surface area contributed by atoms with Crippen LogP contribution in [0.3, 0.4) is 0 Å². The fraction of sp³-hybridized carbons (Fsp3) is 0.250. The number of allylic oxidation sites excluding steroid dienone is 1. The Morgan fingerprint density at radius 1 is 1.21 bits per heavy atom. The van der Waals surface area contributed by atoms with Crippen LogP contribution in [0.4, 0.5) is 24.5 Å². The van der Waals surface area contributed by atoms with Gasteiger partial charge in [-0.25, -0.2) is 4.79 Å². The maximum atomic E-state index is 12.9. The van der Waals surface area contributed by atoms with Crippen LogP contribution < -0.4 is 15.0 Å². The first kappa shape index (κ1) is 23.2. The minimum absolute atomic E-state index is 0.196. The fourth-order valence-corrected chi connectivity index (χ4v) is 3.94. The van der Waals surface area contributed by atoms with Gasteiger partial charge in [-0.15, -0.1) is 0 Å². The number of hydrogen-bond donors (Lipinski definition) is 2. The van der Waals surface area contributed by atoms with Gasteiger partial charge in [0, 0.05) is 29.7 Å². The molecule has 3 aromatic rings. The number of nitrogens with one attached hydrogen (secondary N) is 2. The highest BCUT2D eigenvalue weighted by Gasteiger charge is 2.42. The summed E-state index contributed by atoms with van der Waals surface area (Å²) in [6.07, 6.45) is 2.99. The second-order valence-electron chi connectivity index (χ2n) is 7.58. The molecule has 1 aromatic carbocycles. The molecular weight excluding hydrogens is 451 g/mol. The van der Waals surface area contributed by atoms with Crippen molar-refractivity contribution in [3.63, 3.8) is 0 Å². The molecule has 2 aromatic heterocycles. The molecular formula is C24H22F3N3O4. The number of nitrogens with zero attached hydrogens (tertiary/aromatic N) is 1. The summed E-state index contributed by atoms with van der Waals surface area (Å²) in [5.41, 5.74) is 3.27. The maximum Gasteiger partial charge on any atom is 0.491 e. The molecule has 1 amide bonds. The number of aromatic amines is 1. The molecule has 0 saturated carbocycles. The van der Waals surface area contributed by atoms with Crippen LogP contribution in [0.2, 0.25) is 0 Å². The van der Waals surface area contributed by atoms with Gasteiger partial charge in [-0.3, -0.25) is 4.79 Å². The van der Waals surface area contributed by atoms with Crippen LogP contribution in [0, 0.1) is 0 Å². The Morgan fingerprint density at radius 2 is 1.97 bits per heavy atom. The van der Waals surface area contributed by atoms with Crippen LogP contribution in [0.1, 0.15) is 25.1 Å². The molecule has 0 unspecified atom stereocenters. The number of esters is 1. The van der Waals surface area contributed by atoms with Gasteiger partial charge in [0.2, 0.25) is 0 Å². The Bertz CT molecular complexity index is 1280. The van der Waals surface area contributed by atoms with Crippen molar-refractivity contribution < 1.29 is 31.9 Å². The highest BCUT2D eigenvalue weighted by Crippen LogP contribution is 2.40. The first-order valence-electron chi connectivity index (χ1n) is 10.7. The molecule has 0 spiro atoms. The molecule has 0 bridgehead atoms. The first-order valence-corrected chi connectivity index (χ1v) is 10.7. The molecule has 1 aliphatic rings. The third kappa shape index (κ3) is 4.43. The average Bonchev–Trinajstić information content (AvgIpc) is 3.37. The van der Waals surface area contributed by atoms with Crippen molar-refractivity contribution in [3.8, 4) is 5.75 Å². The summed E-state index contributed by atoms with van der Waals surface area (Å²) in [6.45, 7) is 5.24. The number of anilines is 2. The van der Waals surface area contributed by atoms with E-state index in [1.54, 1.807) is 30.4 Å². The monoisotopic (exact) mass is 473 g/mol. The smallest absolute Gasteiger partial charge is 0.470 e. The fourth-order valence-electron chi connectivity index (χ4n) is 3.94. The first-order chi connectivity index (χ1) is 16.2. The zero-order chi connectivity index (χ0) is 24.5. The molecule has 34 heavy (non-hydrogen) atoms. The Labute approximate surface area is 192 Å². The van der Waals surface area contributed by atoms with Gasteiger partial charge in [0.15, 0.2) is 0 Å². The Kier molecular flexibility index (Phi) is 6.23. The number of carbonyl (C=O) groups excluding carboxylic acids is 2. The molecule has 7 nitrogen and oxygen atoms in total. The number of carbonyl (C=O) groups is 2. The van der Waals surface area contributed by atoms with Crippen molar-refractivity contribution in [1.29, 1.82) is 0 Å². The standard InChI is InChI=1S/C24H22F3N3O4/c1-3-30(4-2)18-8-9-19(34-23(32)24(25,26)27)20-16-7-5-6-14(12-17(16)29-21(18)20)22(31)28-15-10-11-33-13-15/h5-6,8-13,29H,3-4,7H2,1-2H3,(H,28,31). The summed E-state index contributed by atoms with van der Waals surface area (Å²) < 4.78 is 48.5. The second-order valence-corrected chi connectivity index (χ2v) is 7.58. The lowest BCUT2D eigenvalue weighted by molar-refractivity contribution is -0.189. The molecule has 2 heterocycles. The number of hydrogen-bond acceptors (Lipinski definition) is 5. The van der Waals surface area contributed by atoms with E-state index in [9.17, 15) is 22.8 Å². The second kappa shape index (κ2) is 9.12. The van der Waals surface area contributed by atoms with Gasteiger partial charge >= 0.3 is 12.1 Å². The SMILES string of the molecule is CCN(CC)c1ccc(OC(=O)C(F)(F)F)c2c3c([nH]c12)C=C(C(=O)Nc1ccoc1)C=CC3. The van der Waals surface area contributed by atoms with Crippen LogP contribution in [0.5, 0.6) is 5.75 Å². The molecule has 4 rings (SSSR count). The van der Waals surface area contributed by atoms with Crippen molar-refractivity contribution in [2.75, 3.05) is 23.3 Å². The van der Waals surface area contributed by atoms with Crippen molar-refractivity contribution in [2.45, 2.75) is 26.4 Å². The van der Waals surface area contributed by atoms with Crippen molar-refractivity contribution in [3.05, 3.63) is 59.7 Å². The van der Waals surface area contributed by atoms with Crippen LogP contribution in [0.15, 0.2) is 52.9 Å². The Balaban J connectivity index is 1.84. The molecule has 0 saturated heterocycles. The van der Waals surface area contributed by atoms with Gasteiger partial charge in [0.05, 0.1) is 23.2 Å². The Morgan fingerprint density at radius 3 is 2.62 bits per heavy atom. The van der Waals surface area contributed by atoms with Crippen LogP contribution in [-0.4, -0.2) is 36.1 Å². The molecule has 0 fully saturated rings. The van der Waals surface area contributed by atoms with E-state index >= 15 is 0 Å². The van der Waals surface area contributed by atoms with Gasteiger partial charge in [0.25, 0.3) is 5.91 Å². The number of fused-ring (bicyclic) bond motifs is 3. The number of rotatable bonds is 6. The lowest BCUT2D eigenvalue weighted by atomic mass is 10.1. The molecule has 1 aliphatic carbocycles. The van der Waals surface area contributed by atoms with Crippen molar-refractivity contribution in [2.24, 2.45) is 0 Å². The number of alkyl halides is 3. The molecule has 0 radical (unpaired) electrons. The summed E-state index contributed by atoms with van der Waals surface area (Å²) in [4.78, 5) is 29.6. The third-order valence-electron chi connectivity index (χ3n) is 5.53. The number of benzene rings is 1. The van der Waals surface area contributed by atoms with Gasteiger partial charge in [-0.2, -0.15) is 13.2 Å². The van der Waals surface area contributed by atoms with E-state index in [2.05, 4.69) is 10.3 Å². The van der Waals surface area contributed by atoms with Crippen LogP contribution >= 0.6 is 0 Å². The van der Waals surface area contributed by atoms with Gasteiger partial charge in [-0.05, 0) is 50.1 Å². The largest absolute Gasteiger partial charge is 0.491 e. The number of amides is 1. The summed E-state index contributed by atoms with van der Waals surface area (Å²) >= 11 is 0. The van der Waals surface area contributed by atoms with E-state index in [1.165, 1.54) is 18.6 Å². The maximum absolute atomic E-state index is 12.9. The summed E-state index contributed by atoms with van der Waals surface area (Å²) in [5.74, 6) is -2.87. The van der Waals surface area contributed by atoms with E-state index in [1.807, 2.05) is 18.7 Å². The topological polar surface area (TPSA) is 87.6 Å². The quantitative estimate of drug-likeness (QED) is 0.379. The van der Waals surface area contributed by atoms with E-state index in [0.717, 1.165) is 5.69 Å². The number of aromatic nitrogens is 1. The summed E-state index contributed by atoms with van der Waals surface area (Å²) in [6, 6.07) is 4.60. The lowest BCUT2D eigenvalue weighted by Crippen LogP contribution is -2.28. The van der Waals surface area contributed by atoms with Gasteiger partial charge in [-0.1, -0.05) is 12.2 Å². The minimum Gasteiger partial charge on any atom is -0.470 e.